The van der Waals surface area contributed by atoms with E-state index in [1.165, 1.54) is 0 Å². The van der Waals surface area contributed by atoms with E-state index in [-0.39, 0.29) is 0 Å². The van der Waals surface area contributed by atoms with Crippen molar-refractivity contribution in [1.29, 1.82) is 0 Å². The van der Waals surface area contributed by atoms with Crippen LogP contribution in [0.1, 0.15) is 41.0 Å². The predicted molar refractivity (Wildman–Crippen MR) is 68.6 cm³/mol. The smallest absolute Gasteiger partial charge is 0.0897 e. The summed E-state index contributed by atoms with van der Waals surface area (Å²) >= 11 is 0. The van der Waals surface area contributed by atoms with Gasteiger partial charge in [-0.1, -0.05) is 27.7 Å². The van der Waals surface area contributed by atoms with E-state index >= 15 is 0 Å². The molecule has 0 aliphatic rings. The maximum absolute atomic E-state index is 9.66. The number of hydrogen-bond donors (Lipinski definition) is 2. The first-order chi connectivity index (χ1) is 7.41. The number of aliphatic hydroxyl groups is 1. The molecule has 16 heavy (non-hydrogen) atoms. The lowest BCUT2D eigenvalue weighted by Gasteiger charge is -2.19. The fourth-order valence-corrected chi connectivity index (χ4v) is 1.63. The Morgan fingerprint density at radius 3 is 2.12 bits per heavy atom. The van der Waals surface area contributed by atoms with Gasteiger partial charge >= 0.3 is 0 Å². The third kappa shape index (κ3) is 10.4. The first-order valence-corrected chi connectivity index (χ1v) is 6.41. The second-order valence-corrected chi connectivity index (χ2v) is 5.52. The normalized spacial score (nSPS) is 15.8. The van der Waals surface area contributed by atoms with Gasteiger partial charge < -0.3 is 15.2 Å². The summed E-state index contributed by atoms with van der Waals surface area (Å²) in [4.78, 5) is 0. The summed E-state index contributed by atoms with van der Waals surface area (Å²) in [6, 6.07) is 0.458. The molecular weight excluding hydrogens is 202 g/mol. The lowest BCUT2D eigenvalue weighted by molar-refractivity contribution is 0.0249. The summed E-state index contributed by atoms with van der Waals surface area (Å²) in [5.41, 5.74) is 0. The second-order valence-electron chi connectivity index (χ2n) is 5.52. The molecule has 2 N–H and O–H groups in total. The van der Waals surface area contributed by atoms with Gasteiger partial charge in [0.05, 0.1) is 12.7 Å². The predicted octanol–water partition coefficient (Wildman–Crippen LogP) is 2.04. The van der Waals surface area contributed by atoms with Crippen LogP contribution in [-0.2, 0) is 4.74 Å². The van der Waals surface area contributed by atoms with E-state index < -0.39 is 6.10 Å². The van der Waals surface area contributed by atoms with Crippen molar-refractivity contribution < 1.29 is 9.84 Å². The summed E-state index contributed by atoms with van der Waals surface area (Å²) in [7, 11) is 0. The van der Waals surface area contributed by atoms with Gasteiger partial charge in [-0.15, -0.1) is 0 Å². The zero-order chi connectivity index (χ0) is 12.6. The number of nitrogens with one attached hydrogen (secondary N) is 1. The first-order valence-electron chi connectivity index (χ1n) is 6.41. The van der Waals surface area contributed by atoms with E-state index in [9.17, 15) is 5.11 Å². The van der Waals surface area contributed by atoms with Gasteiger partial charge in [0.25, 0.3) is 0 Å². The van der Waals surface area contributed by atoms with Gasteiger partial charge in [-0.2, -0.15) is 0 Å². The van der Waals surface area contributed by atoms with E-state index in [1.807, 2.05) is 0 Å². The van der Waals surface area contributed by atoms with Crippen molar-refractivity contribution in [3.05, 3.63) is 0 Å². The molecule has 0 saturated heterocycles. The molecule has 0 bridgehead atoms. The maximum atomic E-state index is 9.66. The van der Waals surface area contributed by atoms with Crippen LogP contribution in [-0.4, -0.2) is 37.0 Å². The molecule has 0 heterocycles. The number of rotatable bonds is 9. The monoisotopic (exact) mass is 231 g/mol. The van der Waals surface area contributed by atoms with Crippen LogP contribution in [0, 0.1) is 11.8 Å². The topological polar surface area (TPSA) is 41.5 Å². The van der Waals surface area contributed by atoms with Gasteiger partial charge in [-0.05, 0) is 25.2 Å². The lowest BCUT2D eigenvalue weighted by Crippen LogP contribution is -2.36. The highest BCUT2D eigenvalue weighted by Gasteiger charge is 2.08. The van der Waals surface area contributed by atoms with Crippen LogP contribution in [0.4, 0.5) is 0 Å². The number of hydrogen-bond acceptors (Lipinski definition) is 3. The van der Waals surface area contributed by atoms with E-state index in [4.69, 9.17) is 4.74 Å². The Labute approximate surface area is 101 Å². The van der Waals surface area contributed by atoms with E-state index in [2.05, 4.69) is 39.9 Å². The van der Waals surface area contributed by atoms with Crippen molar-refractivity contribution >= 4 is 0 Å². The minimum absolute atomic E-state index is 0.395. The van der Waals surface area contributed by atoms with Gasteiger partial charge in [0.1, 0.15) is 0 Å². The largest absolute Gasteiger partial charge is 0.389 e. The standard InChI is InChI=1S/C13H29NO2/c1-10(2)6-12(5)14-7-13(15)9-16-8-11(3)4/h10-15H,6-9H2,1-5H3. The molecule has 0 aromatic carbocycles. The SMILES string of the molecule is CC(C)COCC(O)CNC(C)CC(C)C. The van der Waals surface area contributed by atoms with E-state index in [1.54, 1.807) is 0 Å². The fraction of sp³-hybridized carbons (Fsp3) is 1.00. The van der Waals surface area contributed by atoms with Crippen molar-refractivity contribution in [3.63, 3.8) is 0 Å². The summed E-state index contributed by atoms with van der Waals surface area (Å²) in [6.07, 6.45) is 0.743. The molecule has 0 amide bonds. The Morgan fingerprint density at radius 2 is 1.62 bits per heavy atom. The Hall–Kier alpha value is -0.120. The molecule has 0 rings (SSSR count). The Balaban J connectivity index is 3.45. The van der Waals surface area contributed by atoms with Gasteiger partial charge in [-0.3, -0.25) is 0 Å². The fourth-order valence-electron chi connectivity index (χ4n) is 1.63. The highest BCUT2D eigenvalue weighted by molar-refractivity contribution is 4.66. The van der Waals surface area contributed by atoms with Crippen LogP contribution in [0.3, 0.4) is 0 Å². The van der Waals surface area contributed by atoms with Gasteiger partial charge in [0, 0.05) is 19.2 Å². The molecule has 3 nitrogen and oxygen atoms in total. The molecule has 0 aliphatic heterocycles. The molecule has 2 unspecified atom stereocenters. The molecule has 0 aromatic rings. The highest BCUT2D eigenvalue weighted by Crippen LogP contribution is 2.03. The van der Waals surface area contributed by atoms with E-state index in [0.29, 0.717) is 31.0 Å². The first kappa shape index (κ1) is 15.9. The number of ether oxygens (including phenoxy) is 1. The van der Waals surface area contributed by atoms with Gasteiger partial charge in [0.15, 0.2) is 0 Å². The highest BCUT2D eigenvalue weighted by atomic mass is 16.5. The summed E-state index contributed by atoms with van der Waals surface area (Å²) in [5, 5.41) is 13.0. The molecule has 0 fully saturated rings. The van der Waals surface area contributed by atoms with Crippen molar-refractivity contribution in [2.75, 3.05) is 19.8 Å². The molecule has 3 heteroatoms. The molecule has 0 spiro atoms. The van der Waals surface area contributed by atoms with Crippen molar-refractivity contribution in [3.8, 4) is 0 Å². The number of aliphatic hydroxyl groups excluding tert-OH is 1. The minimum Gasteiger partial charge on any atom is -0.389 e. The van der Waals surface area contributed by atoms with Crippen LogP contribution in [0.25, 0.3) is 0 Å². The Bertz CT molecular complexity index is 160. The summed E-state index contributed by atoms with van der Waals surface area (Å²) < 4.78 is 5.38. The average Bonchev–Trinajstić information content (AvgIpc) is 2.13. The third-order valence-electron chi connectivity index (χ3n) is 2.29. The second kappa shape index (κ2) is 8.97. The summed E-state index contributed by atoms with van der Waals surface area (Å²) in [6.45, 7) is 12.6. The molecule has 98 valence electrons. The Kier molecular flexibility index (Phi) is 8.90. The minimum atomic E-state index is -0.395. The van der Waals surface area contributed by atoms with E-state index in [0.717, 1.165) is 13.0 Å². The molecule has 0 aliphatic carbocycles. The average molecular weight is 231 g/mol. The van der Waals surface area contributed by atoms with Gasteiger partial charge in [-0.25, -0.2) is 0 Å². The van der Waals surface area contributed by atoms with Crippen LogP contribution in [0.5, 0.6) is 0 Å². The summed E-state index contributed by atoms with van der Waals surface area (Å²) in [5.74, 6) is 1.22. The lowest BCUT2D eigenvalue weighted by atomic mass is 10.1. The quantitative estimate of drug-likeness (QED) is 0.638. The van der Waals surface area contributed by atoms with Crippen molar-refractivity contribution in [2.24, 2.45) is 11.8 Å². The van der Waals surface area contributed by atoms with Crippen molar-refractivity contribution in [1.82, 2.24) is 5.32 Å². The molecule has 2 atom stereocenters. The molecule has 0 aromatic heterocycles. The van der Waals surface area contributed by atoms with Crippen molar-refractivity contribution in [2.45, 2.75) is 53.2 Å². The molecule has 0 radical (unpaired) electrons. The maximum Gasteiger partial charge on any atom is 0.0897 e. The van der Waals surface area contributed by atoms with Crippen LogP contribution >= 0.6 is 0 Å². The van der Waals surface area contributed by atoms with Gasteiger partial charge in [0.2, 0.25) is 0 Å². The van der Waals surface area contributed by atoms with Crippen LogP contribution in [0.15, 0.2) is 0 Å². The third-order valence-corrected chi connectivity index (χ3v) is 2.29. The molecular formula is C13H29NO2. The molecule has 0 saturated carbocycles. The Morgan fingerprint density at radius 1 is 1.00 bits per heavy atom. The van der Waals surface area contributed by atoms with Crippen LogP contribution < -0.4 is 5.32 Å². The zero-order valence-corrected chi connectivity index (χ0v) is 11.5. The van der Waals surface area contributed by atoms with Crippen LogP contribution in [0.2, 0.25) is 0 Å². The zero-order valence-electron chi connectivity index (χ0n) is 11.5.